The van der Waals surface area contributed by atoms with Crippen LogP contribution in [0.1, 0.15) is 31.4 Å². The molecule has 0 radical (unpaired) electrons. The first-order valence-electron chi connectivity index (χ1n) is 9.96. The summed E-state index contributed by atoms with van der Waals surface area (Å²) in [5, 5.41) is 3.35. The first kappa shape index (κ1) is 19.2. The van der Waals surface area contributed by atoms with Gasteiger partial charge in [-0.3, -0.25) is 4.79 Å². The van der Waals surface area contributed by atoms with Crippen molar-refractivity contribution in [3.8, 4) is 0 Å². The fourth-order valence-electron chi connectivity index (χ4n) is 3.55. The van der Waals surface area contributed by atoms with E-state index < -0.39 is 0 Å². The molecule has 0 saturated carbocycles. The van der Waals surface area contributed by atoms with Crippen molar-refractivity contribution < 1.29 is 9.53 Å². The molecule has 148 valence electrons. The summed E-state index contributed by atoms with van der Waals surface area (Å²) in [5.74, 6) is 0.488. The quantitative estimate of drug-likeness (QED) is 0.766. The molecule has 4 rings (SSSR count). The molecule has 1 amide bonds. The number of nitrogens with one attached hydrogen (secondary N) is 1. The van der Waals surface area contributed by atoms with Crippen LogP contribution in [0.15, 0.2) is 76.8 Å². The van der Waals surface area contributed by atoms with E-state index in [0.717, 1.165) is 23.4 Å². The minimum Gasteiger partial charge on any atom is -0.372 e. The Balaban J connectivity index is 1.69. The number of benzene rings is 2. The number of aliphatic imine (C=N–C) groups is 1. The van der Waals surface area contributed by atoms with Crippen LogP contribution in [-0.2, 0) is 22.7 Å². The Morgan fingerprint density at radius 1 is 1.17 bits per heavy atom. The average molecular weight is 387 g/mol. The van der Waals surface area contributed by atoms with Crippen LogP contribution in [0.2, 0.25) is 0 Å². The minimum atomic E-state index is -0.0500. The lowest BCUT2D eigenvalue weighted by Crippen LogP contribution is -2.45. The van der Waals surface area contributed by atoms with E-state index in [4.69, 9.17) is 9.73 Å². The predicted octanol–water partition coefficient (Wildman–Crippen LogP) is 4.81. The number of hydrogen-bond acceptors (Lipinski definition) is 4. The summed E-state index contributed by atoms with van der Waals surface area (Å²) in [6.07, 6.45) is 4.88. The van der Waals surface area contributed by atoms with Gasteiger partial charge in [0, 0.05) is 11.3 Å². The molecule has 0 unspecified atom stereocenters. The first-order chi connectivity index (χ1) is 14.2. The number of anilines is 2. The van der Waals surface area contributed by atoms with Crippen LogP contribution in [0.25, 0.3) is 0 Å². The molecule has 0 bridgehead atoms. The normalized spacial score (nSPS) is 18.1. The molecule has 29 heavy (non-hydrogen) atoms. The molecule has 0 aromatic heterocycles. The van der Waals surface area contributed by atoms with E-state index in [1.165, 1.54) is 11.1 Å². The zero-order valence-corrected chi connectivity index (χ0v) is 16.8. The van der Waals surface area contributed by atoms with Crippen LogP contribution >= 0.6 is 0 Å². The van der Waals surface area contributed by atoms with E-state index in [1.807, 2.05) is 55.5 Å². The highest BCUT2D eigenvalue weighted by atomic mass is 16.5. The van der Waals surface area contributed by atoms with Gasteiger partial charge >= 0.3 is 0 Å². The molecule has 5 heteroatoms. The summed E-state index contributed by atoms with van der Waals surface area (Å²) in [7, 11) is 0. The number of nitrogens with zero attached hydrogens (tertiary/aromatic N) is 2. The summed E-state index contributed by atoms with van der Waals surface area (Å²) in [5.41, 5.74) is 5.89. The van der Waals surface area contributed by atoms with Crippen LogP contribution < -0.4 is 10.2 Å². The second-order valence-corrected chi connectivity index (χ2v) is 7.10. The fourth-order valence-corrected chi connectivity index (χ4v) is 3.55. The van der Waals surface area contributed by atoms with E-state index in [1.54, 1.807) is 4.90 Å². The molecule has 0 atom stereocenters. The third-order valence-corrected chi connectivity index (χ3v) is 5.22. The molecule has 2 aromatic carbocycles. The fraction of sp³-hybridized carbons (Fsp3) is 0.250. The highest BCUT2D eigenvalue weighted by Crippen LogP contribution is 2.26. The lowest BCUT2D eigenvalue weighted by molar-refractivity contribution is -0.114. The number of ether oxygens (including phenoxy) is 1. The molecule has 2 aliphatic heterocycles. The average Bonchev–Trinajstić information content (AvgIpc) is 3.22. The summed E-state index contributed by atoms with van der Waals surface area (Å²) in [6, 6.07) is 15.8. The van der Waals surface area contributed by atoms with Gasteiger partial charge in [-0.1, -0.05) is 42.8 Å². The third-order valence-electron chi connectivity index (χ3n) is 5.22. The van der Waals surface area contributed by atoms with Crippen molar-refractivity contribution in [3.63, 3.8) is 0 Å². The van der Waals surface area contributed by atoms with E-state index >= 15 is 0 Å². The predicted molar refractivity (Wildman–Crippen MR) is 117 cm³/mol. The van der Waals surface area contributed by atoms with E-state index in [2.05, 4.69) is 24.4 Å². The maximum atomic E-state index is 13.4. The Labute approximate surface area is 171 Å². The number of allylic oxidation sites excluding steroid dienone is 3. The largest absolute Gasteiger partial charge is 0.372 e. The van der Waals surface area contributed by atoms with E-state index in [0.29, 0.717) is 31.3 Å². The summed E-state index contributed by atoms with van der Waals surface area (Å²) < 4.78 is 5.50. The van der Waals surface area contributed by atoms with Gasteiger partial charge < -0.3 is 10.1 Å². The maximum Gasteiger partial charge on any atom is 0.263 e. The molecule has 5 nitrogen and oxygen atoms in total. The van der Waals surface area contributed by atoms with Gasteiger partial charge in [-0.25, -0.2) is 9.89 Å². The van der Waals surface area contributed by atoms with Crippen LogP contribution in [0, 0.1) is 0 Å². The maximum absolute atomic E-state index is 13.4. The molecule has 0 saturated heterocycles. The van der Waals surface area contributed by atoms with E-state index in [-0.39, 0.29) is 5.91 Å². The number of fused-ring (bicyclic) bond motifs is 1. The van der Waals surface area contributed by atoms with Crippen molar-refractivity contribution in [2.75, 3.05) is 16.8 Å². The molecule has 0 fully saturated rings. The molecule has 2 aromatic rings. The highest BCUT2D eigenvalue weighted by Gasteiger charge is 2.29. The number of carbonyl (C=O) groups excluding carboxylic acids is 1. The van der Waals surface area contributed by atoms with Gasteiger partial charge in [-0.05, 0) is 54.8 Å². The Hall–Kier alpha value is -3.18. The van der Waals surface area contributed by atoms with Crippen LogP contribution in [-0.4, -0.2) is 18.4 Å². The highest BCUT2D eigenvalue weighted by molar-refractivity contribution is 6.27. The third kappa shape index (κ3) is 4.00. The first-order valence-corrected chi connectivity index (χ1v) is 9.96. The van der Waals surface area contributed by atoms with Crippen LogP contribution in [0.5, 0.6) is 0 Å². The Kier molecular flexibility index (Phi) is 5.58. The van der Waals surface area contributed by atoms with Crippen LogP contribution in [0.4, 0.5) is 11.4 Å². The van der Waals surface area contributed by atoms with Gasteiger partial charge in [0.05, 0.1) is 25.4 Å². The van der Waals surface area contributed by atoms with Crippen molar-refractivity contribution in [3.05, 3.63) is 83.0 Å². The van der Waals surface area contributed by atoms with Crippen molar-refractivity contribution in [2.24, 2.45) is 4.99 Å². The summed E-state index contributed by atoms with van der Waals surface area (Å²) in [6.45, 7) is 5.71. The van der Waals surface area contributed by atoms with E-state index in [9.17, 15) is 4.79 Å². The molecule has 2 aliphatic rings. The number of hydrogen-bond donors (Lipinski definition) is 1. The van der Waals surface area contributed by atoms with Gasteiger partial charge in [0.1, 0.15) is 0 Å². The van der Waals surface area contributed by atoms with Crippen LogP contribution in [0.3, 0.4) is 0 Å². The number of carbonyl (C=O) groups is 1. The summed E-state index contributed by atoms with van der Waals surface area (Å²) >= 11 is 0. The molecular formula is C24H25N3O2. The van der Waals surface area contributed by atoms with Crippen molar-refractivity contribution in [1.82, 2.24) is 0 Å². The van der Waals surface area contributed by atoms with Gasteiger partial charge in [0.25, 0.3) is 5.91 Å². The number of para-hydroxylation sites is 1. The van der Waals surface area contributed by atoms with Gasteiger partial charge in [0.15, 0.2) is 0 Å². The number of rotatable bonds is 4. The van der Waals surface area contributed by atoms with Crippen molar-refractivity contribution >= 4 is 23.2 Å². The Morgan fingerprint density at radius 2 is 1.97 bits per heavy atom. The zero-order valence-electron chi connectivity index (χ0n) is 16.8. The monoisotopic (exact) mass is 387 g/mol. The minimum absolute atomic E-state index is 0.0500. The number of amides is 1. The van der Waals surface area contributed by atoms with Crippen molar-refractivity contribution in [1.29, 1.82) is 0 Å². The lowest BCUT2D eigenvalue weighted by Gasteiger charge is -2.29. The van der Waals surface area contributed by atoms with Gasteiger partial charge in [-0.15, -0.1) is 0 Å². The Morgan fingerprint density at radius 3 is 2.72 bits per heavy atom. The standard InChI is InChI=1S/C24H25N3O2/c1-3-17(4-2)12-19-14-25-24(27(23(19)28)22-8-6-5-7-9-22)26-21-11-10-18-15-29-16-20(18)13-21/h3,5-13H,4,14-16H2,1-2H3,(H,25,26)/b17-3-,19-12+. The second kappa shape index (κ2) is 8.45. The smallest absolute Gasteiger partial charge is 0.263 e. The Bertz CT molecular complexity index is 1010. The van der Waals surface area contributed by atoms with Gasteiger partial charge in [0.2, 0.25) is 5.96 Å². The molecule has 0 aliphatic carbocycles. The van der Waals surface area contributed by atoms with Gasteiger partial charge in [-0.2, -0.15) is 0 Å². The zero-order chi connectivity index (χ0) is 20.2. The van der Waals surface area contributed by atoms with Crippen molar-refractivity contribution in [2.45, 2.75) is 33.5 Å². The lowest BCUT2D eigenvalue weighted by atomic mass is 10.1. The molecular weight excluding hydrogens is 362 g/mol. The summed E-state index contributed by atoms with van der Waals surface area (Å²) in [4.78, 5) is 19.7. The SMILES string of the molecule is C/C=C(\C=C1/CN=C(Nc2ccc3c(c2)COC3)N(c2ccccc2)C1=O)CC. The number of guanidine groups is 1. The molecule has 2 heterocycles. The molecule has 0 spiro atoms. The molecule has 1 N–H and O–H groups in total. The topological polar surface area (TPSA) is 53.9 Å². The second-order valence-electron chi connectivity index (χ2n) is 7.10.